The predicted octanol–water partition coefficient (Wildman–Crippen LogP) is 3.64. The lowest BCUT2D eigenvalue weighted by molar-refractivity contribution is 0.0520. The van der Waals surface area contributed by atoms with Crippen molar-refractivity contribution in [3.63, 3.8) is 0 Å². The molecule has 3 aromatic rings. The summed E-state index contributed by atoms with van der Waals surface area (Å²) in [4.78, 5) is 12.0. The summed E-state index contributed by atoms with van der Waals surface area (Å²) < 4.78 is 50.9. The lowest BCUT2D eigenvalue weighted by atomic mass is 10.1. The zero-order chi connectivity index (χ0) is 19.4. The normalized spacial score (nSPS) is 10.7. The van der Waals surface area contributed by atoms with Crippen molar-refractivity contribution < 1.29 is 27.4 Å². The zero-order valence-electron chi connectivity index (χ0n) is 14.1. The highest BCUT2D eigenvalue weighted by Crippen LogP contribution is 2.32. The molecule has 1 heterocycles. The summed E-state index contributed by atoms with van der Waals surface area (Å²) in [6.07, 6.45) is 0. The van der Waals surface area contributed by atoms with Gasteiger partial charge in [0.2, 0.25) is 0 Å². The van der Waals surface area contributed by atoms with Crippen LogP contribution in [0.4, 0.5) is 13.2 Å². The molecule has 0 fully saturated rings. The molecule has 0 aliphatic heterocycles. The molecule has 0 amide bonds. The van der Waals surface area contributed by atoms with Crippen LogP contribution in [0.25, 0.3) is 11.3 Å². The maximum absolute atomic E-state index is 13.8. The number of carbonyl (C=O) groups excluding carboxylic acids is 1. The molecule has 3 rings (SSSR count). The minimum Gasteiger partial charge on any atom is -0.488 e. The van der Waals surface area contributed by atoms with Crippen molar-refractivity contribution in [1.82, 2.24) is 15.4 Å². The van der Waals surface area contributed by atoms with E-state index in [0.29, 0.717) is 0 Å². The van der Waals surface area contributed by atoms with Gasteiger partial charge < -0.3 is 9.47 Å². The molecule has 0 saturated heterocycles. The lowest BCUT2D eigenvalue weighted by Gasteiger charge is -2.11. The first-order valence-corrected chi connectivity index (χ1v) is 7.94. The summed E-state index contributed by atoms with van der Waals surface area (Å²) in [5.74, 6) is -2.81. The molecular formula is C18H14F3N3O3. The predicted molar refractivity (Wildman–Crippen MR) is 88.4 cm³/mol. The number of aromatic nitrogens is 3. The van der Waals surface area contributed by atoms with E-state index in [-0.39, 0.29) is 41.5 Å². The highest BCUT2D eigenvalue weighted by atomic mass is 19.1. The van der Waals surface area contributed by atoms with Gasteiger partial charge in [-0.3, -0.25) is 0 Å². The van der Waals surface area contributed by atoms with Crippen LogP contribution < -0.4 is 4.74 Å². The first-order chi connectivity index (χ1) is 13.0. The molecule has 6 nitrogen and oxygen atoms in total. The van der Waals surface area contributed by atoms with E-state index in [1.807, 2.05) is 0 Å². The largest absolute Gasteiger partial charge is 0.488 e. The topological polar surface area (TPSA) is 77.1 Å². The van der Waals surface area contributed by atoms with Crippen molar-refractivity contribution in [2.45, 2.75) is 13.5 Å². The van der Waals surface area contributed by atoms with Gasteiger partial charge in [0.1, 0.15) is 35.5 Å². The van der Waals surface area contributed by atoms with Crippen LogP contribution in [0.3, 0.4) is 0 Å². The van der Waals surface area contributed by atoms with Gasteiger partial charge in [-0.1, -0.05) is 0 Å². The molecule has 140 valence electrons. The van der Waals surface area contributed by atoms with E-state index in [1.165, 1.54) is 12.1 Å². The van der Waals surface area contributed by atoms with Crippen molar-refractivity contribution in [1.29, 1.82) is 0 Å². The van der Waals surface area contributed by atoms with Crippen LogP contribution in [0.5, 0.6) is 5.75 Å². The van der Waals surface area contributed by atoms with Gasteiger partial charge in [0.15, 0.2) is 5.69 Å². The summed E-state index contributed by atoms with van der Waals surface area (Å²) in [5.41, 5.74) is 0.345. The van der Waals surface area contributed by atoms with Crippen molar-refractivity contribution in [2.24, 2.45) is 0 Å². The molecule has 0 spiro atoms. The number of hydrogen-bond donors (Lipinski definition) is 1. The van der Waals surface area contributed by atoms with Gasteiger partial charge in [-0.25, -0.2) is 18.0 Å². The van der Waals surface area contributed by atoms with E-state index in [0.717, 1.165) is 24.3 Å². The highest BCUT2D eigenvalue weighted by Gasteiger charge is 2.22. The first-order valence-electron chi connectivity index (χ1n) is 7.94. The number of nitrogens with one attached hydrogen (secondary N) is 1. The number of carbonyl (C=O) groups is 1. The molecular weight excluding hydrogens is 363 g/mol. The van der Waals surface area contributed by atoms with Crippen LogP contribution in [-0.2, 0) is 11.3 Å². The number of rotatable bonds is 6. The Morgan fingerprint density at radius 1 is 1.07 bits per heavy atom. The van der Waals surface area contributed by atoms with E-state index in [4.69, 9.17) is 9.47 Å². The van der Waals surface area contributed by atoms with Gasteiger partial charge in [0.05, 0.1) is 6.61 Å². The third kappa shape index (κ3) is 4.08. The summed E-state index contributed by atoms with van der Waals surface area (Å²) in [6, 6.07) is 6.62. The number of benzene rings is 2. The van der Waals surface area contributed by atoms with Crippen molar-refractivity contribution >= 4 is 5.97 Å². The SMILES string of the molecule is CCOC(=O)c1n[nH]nc1-c1ccc(F)cc1OCc1ccc(F)cc1F. The van der Waals surface area contributed by atoms with Crippen LogP contribution in [0, 0.1) is 17.5 Å². The second-order valence-electron chi connectivity index (χ2n) is 5.41. The van der Waals surface area contributed by atoms with Crippen LogP contribution in [-0.4, -0.2) is 28.0 Å². The second kappa shape index (κ2) is 7.90. The fourth-order valence-electron chi connectivity index (χ4n) is 2.37. The fourth-order valence-corrected chi connectivity index (χ4v) is 2.37. The number of aromatic amines is 1. The van der Waals surface area contributed by atoms with E-state index >= 15 is 0 Å². The monoisotopic (exact) mass is 377 g/mol. The third-order valence-corrected chi connectivity index (χ3v) is 3.61. The van der Waals surface area contributed by atoms with Crippen LogP contribution in [0.1, 0.15) is 23.0 Å². The lowest BCUT2D eigenvalue weighted by Crippen LogP contribution is -2.07. The molecule has 2 aromatic carbocycles. The summed E-state index contributed by atoms with van der Waals surface area (Å²) in [7, 11) is 0. The highest BCUT2D eigenvalue weighted by molar-refractivity contribution is 5.94. The van der Waals surface area contributed by atoms with E-state index < -0.39 is 23.4 Å². The second-order valence-corrected chi connectivity index (χ2v) is 5.41. The molecule has 0 saturated carbocycles. The number of esters is 1. The molecule has 0 aliphatic rings. The molecule has 0 aliphatic carbocycles. The Bertz CT molecular complexity index is 975. The van der Waals surface area contributed by atoms with Gasteiger partial charge in [-0.05, 0) is 31.2 Å². The number of H-pyrrole nitrogens is 1. The van der Waals surface area contributed by atoms with Crippen molar-refractivity contribution in [2.75, 3.05) is 6.61 Å². The van der Waals surface area contributed by atoms with Crippen LogP contribution in [0.2, 0.25) is 0 Å². The Kier molecular flexibility index (Phi) is 5.39. The van der Waals surface area contributed by atoms with Gasteiger partial charge in [0.25, 0.3) is 0 Å². The minimum atomic E-state index is -0.790. The van der Waals surface area contributed by atoms with Crippen LogP contribution >= 0.6 is 0 Å². The summed E-state index contributed by atoms with van der Waals surface area (Å²) in [5, 5.41) is 9.97. The standard InChI is InChI=1S/C18H14F3N3O3/c1-2-26-18(25)17-16(22-24-23-17)13-6-5-12(20)8-15(13)27-9-10-3-4-11(19)7-14(10)21/h3-8H,2,9H2,1H3,(H,22,23,24). The fraction of sp³-hybridized carbons (Fsp3) is 0.167. The van der Waals surface area contributed by atoms with E-state index in [9.17, 15) is 18.0 Å². The van der Waals surface area contributed by atoms with Gasteiger partial charge in [0, 0.05) is 23.3 Å². The van der Waals surface area contributed by atoms with Crippen LogP contribution in [0.15, 0.2) is 36.4 Å². The van der Waals surface area contributed by atoms with Gasteiger partial charge in [-0.15, -0.1) is 5.10 Å². The Hall–Kier alpha value is -3.36. The number of hydrogen-bond acceptors (Lipinski definition) is 5. The molecule has 0 radical (unpaired) electrons. The zero-order valence-corrected chi connectivity index (χ0v) is 14.1. The Morgan fingerprint density at radius 2 is 1.81 bits per heavy atom. The number of nitrogens with zero attached hydrogens (tertiary/aromatic N) is 2. The smallest absolute Gasteiger partial charge is 0.361 e. The first kappa shape index (κ1) is 18.4. The maximum Gasteiger partial charge on any atom is 0.361 e. The Labute approximate surface area is 151 Å². The van der Waals surface area contributed by atoms with Crippen molar-refractivity contribution in [3.05, 3.63) is 65.1 Å². The van der Waals surface area contributed by atoms with Gasteiger partial charge in [-0.2, -0.15) is 10.3 Å². The molecule has 27 heavy (non-hydrogen) atoms. The molecule has 0 unspecified atom stereocenters. The maximum atomic E-state index is 13.8. The van der Waals surface area contributed by atoms with Crippen molar-refractivity contribution in [3.8, 4) is 17.0 Å². The number of halogens is 3. The average Bonchev–Trinajstić information content (AvgIpc) is 3.11. The molecule has 9 heteroatoms. The average molecular weight is 377 g/mol. The molecule has 0 atom stereocenters. The van der Waals surface area contributed by atoms with E-state index in [1.54, 1.807) is 6.92 Å². The Morgan fingerprint density at radius 3 is 2.56 bits per heavy atom. The molecule has 1 aromatic heterocycles. The quantitative estimate of drug-likeness (QED) is 0.664. The summed E-state index contributed by atoms with van der Waals surface area (Å²) >= 11 is 0. The molecule has 0 bridgehead atoms. The minimum absolute atomic E-state index is 0.0122. The van der Waals surface area contributed by atoms with E-state index in [2.05, 4.69) is 15.4 Å². The number of ether oxygens (including phenoxy) is 2. The Balaban J connectivity index is 1.92. The molecule has 1 N–H and O–H groups in total. The summed E-state index contributed by atoms with van der Waals surface area (Å²) in [6.45, 7) is 1.50. The van der Waals surface area contributed by atoms with Gasteiger partial charge >= 0.3 is 5.97 Å². The third-order valence-electron chi connectivity index (χ3n) is 3.61.